The number of imide groups is 1. The minimum Gasteiger partial charge on any atom is -0.452 e. The number of fused-ring (bicyclic) bond motifs is 1. The van der Waals surface area contributed by atoms with Crippen LogP contribution in [0.5, 0.6) is 0 Å². The molecule has 0 radical (unpaired) electrons. The van der Waals surface area contributed by atoms with Gasteiger partial charge in [-0.25, -0.2) is 4.79 Å². The quantitative estimate of drug-likeness (QED) is 0.524. The van der Waals surface area contributed by atoms with Crippen molar-refractivity contribution >= 4 is 29.6 Å². The summed E-state index contributed by atoms with van der Waals surface area (Å²) in [5.74, 6) is -2.38. The van der Waals surface area contributed by atoms with Gasteiger partial charge in [-0.2, -0.15) is 0 Å². The molecule has 2 heterocycles. The summed E-state index contributed by atoms with van der Waals surface area (Å²) in [5, 5.41) is 0. The summed E-state index contributed by atoms with van der Waals surface area (Å²) < 4.78 is 5.17. The Balaban J connectivity index is 1.34. The number of carbonyl (C=O) groups excluding carboxylic acids is 5. The molecular weight excluding hydrogens is 426 g/mol. The van der Waals surface area contributed by atoms with Crippen LogP contribution in [-0.2, 0) is 20.9 Å². The Hall–Kier alpha value is -4.01. The summed E-state index contributed by atoms with van der Waals surface area (Å²) in [7, 11) is 0. The van der Waals surface area contributed by atoms with E-state index in [9.17, 15) is 24.0 Å². The first-order valence-corrected chi connectivity index (χ1v) is 10.6. The zero-order valence-electron chi connectivity index (χ0n) is 17.9. The average molecular weight is 449 g/mol. The van der Waals surface area contributed by atoms with Gasteiger partial charge in [0, 0.05) is 19.0 Å². The van der Waals surface area contributed by atoms with Crippen LogP contribution in [0.25, 0.3) is 0 Å². The third-order valence-electron chi connectivity index (χ3n) is 5.96. The molecule has 4 rings (SSSR count). The van der Waals surface area contributed by atoms with E-state index in [-0.39, 0.29) is 41.7 Å². The van der Waals surface area contributed by atoms with Gasteiger partial charge in [0.05, 0.1) is 23.2 Å². The van der Waals surface area contributed by atoms with Crippen molar-refractivity contribution in [2.24, 2.45) is 11.7 Å². The summed E-state index contributed by atoms with van der Waals surface area (Å²) in [6.45, 7) is 0.378. The highest BCUT2D eigenvalue weighted by Gasteiger charge is 2.35. The SMILES string of the molecule is NC(=O)C1CCN(C(=O)COC(=O)c2cccc(CN3C(=O)c4ccccc4C3=O)c2)CC1. The molecule has 0 atom stereocenters. The number of rotatable bonds is 6. The molecule has 9 heteroatoms. The molecule has 2 aromatic carbocycles. The van der Waals surface area contributed by atoms with Gasteiger partial charge in [0.2, 0.25) is 5.91 Å². The van der Waals surface area contributed by atoms with Gasteiger partial charge < -0.3 is 15.4 Å². The first-order chi connectivity index (χ1) is 15.8. The third-order valence-corrected chi connectivity index (χ3v) is 5.96. The molecule has 0 spiro atoms. The molecule has 0 saturated carbocycles. The predicted octanol–water partition coefficient (Wildman–Crippen LogP) is 1.36. The lowest BCUT2D eigenvalue weighted by Crippen LogP contribution is -2.43. The van der Waals surface area contributed by atoms with Crippen molar-refractivity contribution in [1.29, 1.82) is 0 Å². The van der Waals surface area contributed by atoms with Crippen LogP contribution in [0.3, 0.4) is 0 Å². The molecule has 1 fully saturated rings. The van der Waals surface area contributed by atoms with E-state index >= 15 is 0 Å². The number of benzene rings is 2. The number of nitrogens with zero attached hydrogens (tertiary/aromatic N) is 2. The zero-order chi connectivity index (χ0) is 23.5. The van der Waals surface area contributed by atoms with Crippen molar-refractivity contribution in [2.45, 2.75) is 19.4 Å². The van der Waals surface area contributed by atoms with Crippen LogP contribution in [0, 0.1) is 5.92 Å². The summed E-state index contributed by atoms with van der Waals surface area (Å²) in [6, 6.07) is 13.0. The molecule has 0 aliphatic carbocycles. The Bertz CT molecular complexity index is 1100. The Kier molecular flexibility index (Phi) is 6.21. The molecule has 170 valence electrons. The van der Waals surface area contributed by atoms with Crippen LogP contribution >= 0.6 is 0 Å². The van der Waals surface area contributed by atoms with Gasteiger partial charge in [-0.3, -0.25) is 24.1 Å². The van der Waals surface area contributed by atoms with E-state index < -0.39 is 12.6 Å². The number of primary amides is 1. The second-order valence-corrected chi connectivity index (χ2v) is 8.08. The van der Waals surface area contributed by atoms with Crippen molar-refractivity contribution in [1.82, 2.24) is 9.80 Å². The van der Waals surface area contributed by atoms with E-state index in [0.717, 1.165) is 4.90 Å². The Morgan fingerprint density at radius 2 is 1.58 bits per heavy atom. The molecule has 0 bridgehead atoms. The van der Waals surface area contributed by atoms with Crippen LogP contribution in [0.15, 0.2) is 48.5 Å². The predicted molar refractivity (Wildman–Crippen MR) is 116 cm³/mol. The fraction of sp³-hybridized carbons (Fsp3) is 0.292. The van der Waals surface area contributed by atoms with Gasteiger partial charge in [-0.05, 0) is 42.7 Å². The number of amides is 4. The summed E-state index contributed by atoms with van der Waals surface area (Å²) in [5.41, 5.74) is 6.81. The van der Waals surface area contributed by atoms with Crippen LogP contribution in [-0.4, -0.2) is 59.1 Å². The maximum absolute atomic E-state index is 12.6. The smallest absolute Gasteiger partial charge is 0.338 e. The summed E-state index contributed by atoms with van der Waals surface area (Å²) in [4.78, 5) is 63.9. The Labute approximate surface area is 190 Å². The van der Waals surface area contributed by atoms with Crippen molar-refractivity contribution in [2.75, 3.05) is 19.7 Å². The van der Waals surface area contributed by atoms with E-state index in [2.05, 4.69) is 0 Å². The number of hydrogen-bond donors (Lipinski definition) is 1. The number of carbonyl (C=O) groups is 5. The number of ether oxygens (including phenoxy) is 1. The molecule has 1 saturated heterocycles. The average Bonchev–Trinajstić information content (AvgIpc) is 3.07. The van der Waals surface area contributed by atoms with Gasteiger partial charge in [-0.15, -0.1) is 0 Å². The molecule has 2 N–H and O–H groups in total. The molecule has 0 unspecified atom stereocenters. The highest BCUT2D eigenvalue weighted by atomic mass is 16.5. The maximum atomic E-state index is 12.6. The first kappa shape index (κ1) is 22.2. The van der Waals surface area contributed by atoms with E-state index in [4.69, 9.17) is 10.5 Å². The Morgan fingerprint density at radius 1 is 0.939 bits per heavy atom. The van der Waals surface area contributed by atoms with Crippen molar-refractivity contribution in [3.05, 3.63) is 70.8 Å². The molecule has 2 aliphatic heterocycles. The number of likely N-dealkylation sites (tertiary alicyclic amines) is 1. The van der Waals surface area contributed by atoms with Crippen LogP contribution < -0.4 is 5.73 Å². The van der Waals surface area contributed by atoms with Crippen LogP contribution in [0.1, 0.15) is 49.5 Å². The second kappa shape index (κ2) is 9.23. The van der Waals surface area contributed by atoms with Crippen molar-refractivity contribution < 1.29 is 28.7 Å². The van der Waals surface area contributed by atoms with E-state index in [1.54, 1.807) is 41.3 Å². The minimum atomic E-state index is -0.681. The van der Waals surface area contributed by atoms with E-state index in [1.165, 1.54) is 12.1 Å². The highest BCUT2D eigenvalue weighted by Crippen LogP contribution is 2.24. The monoisotopic (exact) mass is 449 g/mol. The largest absolute Gasteiger partial charge is 0.452 e. The van der Waals surface area contributed by atoms with E-state index in [0.29, 0.717) is 42.6 Å². The number of hydrogen-bond acceptors (Lipinski definition) is 6. The lowest BCUT2D eigenvalue weighted by Gasteiger charge is -2.30. The van der Waals surface area contributed by atoms with Crippen LogP contribution in [0.2, 0.25) is 0 Å². The molecule has 4 amide bonds. The first-order valence-electron chi connectivity index (χ1n) is 10.6. The molecular formula is C24H23N3O6. The van der Waals surface area contributed by atoms with Crippen molar-refractivity contribution in [3.8, 4) is 0 Å². The minimum absolute atomic E-state index is 0.0151. The molecule has 33 heavy (non-hydrogen) atoms. The third kappa shape index (κ3) is 4.62. The molecule has 9 nitrogen and oxygen atoms in total. The van der Waals surface area contributed by atoms with Gasteiger partial charge >= 0.3 is 5.97 Å². The summed E-state index contributed by atoms with van der Waals surface area (Å²) in [6.07, 6.45) is 0.990. The lowest BCUT2D eigenvalue weighted by atomic mass is 9.96. The zero-order valence-corrected chi connectivity index (χ0v) is 17.9. The van der Waals surface area contributed by atoms with Gasteiger partial charge in [0.25, 0.3) is 17.7 Å². The normalized spacial score (nSPS) is 16.0. The number of nitrogens with two attached hydrogens (primary N) is 1. The van der Waals surface area contributed by atoms with E-state index in [1.807, 2.05) is 0 Å². The topological polar surface area (TPSA) is 127 Å². The highest BCUT2D eigenvalue weighted by molar-refractivity contribution is 6.21. The lowest BCUT2D eigenvalue weighted by molar-refractivity contribution is -0.137. The summed E-state index contributed by atoms with van der Waals surface area (Å²) >= 11 is 0. The Morgan fingerprint density at radius 3 is 2.18 bits per heavy atom. The second-order valence-electron chi connectivity index (χ2n) is 8.08. The molecule has 2 aromatic rings. The molecule has 0 aromatic heterocycles. The maximum Gasteiger partial charge on any atom is 0.338 e. The van der Waals surface area contributed by atoms with Gasteiger partial charge in [-0.1, -0.05) is 24.3 Å². The number of esters is 1. The fourth-order valence-electron chi connectivity index (χ4n) is 4.08. The van der Waals surface area contributed by atoms with Crippen LogP contribution in [0.4, 0.5) is 0 Å². The van der Waals surface area contributed by atoms with Gasteiger partial charge in [0.1, 0.15) is 0 Å². The molecule has 2 aliphatic rings. The fourth-order valence-corrected chi connectivity index (χ4v) is 4.08. The standard InChI is InChI=1S/C24H23N3O6/c25-21(29)16-8-10-26(11-9-16)20(28)14-33-24(32)17-5-3-4-15(12-17)13-27-22(30)18-6-1-2-7-19(18)23(27)31/h1-7,12,16H,8-11,13-14H2,(H2,25,29). The number of piperidine rings is 1. The van der Waals surface area contributed by atoms with Crippen molar-refractivity contribution in [3.63, 3.8) is 0 Å². The van der Waals surface area contributed by atoms with Gasteiger partial charge in [0.15, 0.2) is 6.61 Å².